The summed E-state index contributed by atoms with van der Waals surface area (Å²) in [6, 6.07) is 31.5. The van der Waals surface area contributed by atoms with Gasteiger partial charge < -0.3 is 33.8 Å². The Morgan fingerprint density at radius 1 is 0.565 bits per heavy atom. The van der Waals surface area contributed by atoms with Crippen LogP contribution >= 0.6 is 0 Å². The Hall–Kier alpha value is -10.6. The highest BCUT2D eigenvalue weighted by Crippen LogP contribution is 2.27. The molecule has 474 valence electrons. The Morgan fingerprint density at radius 3 is 1.45 bits per heavy atom. The molecule has 3 saturated heterocycles. The van der Waals surface area contributed by atoms with Crippen LogP contribution in [0, 0.1) is 66.1 Å². The van der Waals surface area contributed by atoms with Crippen LogP contribution in [0.5, 0.6) is 23.0 Å². The Labute approximate surface area is 526 Å². The quantitative estimate of drug-likeness (QED) is 0.108. The van der Waals surface area contributed by atoms with Crippen molar-refractivity contribution >= 4 is 10.1 Å². The lowest BCUT2D eigenvalue weighted by atomic mass is 10.1. The number of aromatic amines is 1. The Balaban J connectivity index is 0.000000164. The molecule has 8 heterocycles. The lowest BCUT2D eigenvalue weighted by Crippen LogP contribution is -2.32. The zero-order valence-corrected chi connectivity index (χ0v) is 51.0. The normalized spacial score (nSPS) is 15.9. The van der Waals surface area contributed by atoms with E-state index >= 15 is 0 Å². The first-order valence-corrected chi connectivity index (χ1v) is 30.3. The molecule has 28 nitrogen and oxygen atoms in total. The second kappa shape index (κ2) is 32.2. The predicted octanol–water partition coefficient (Wildman–Crippen LogP) is 6.60. The number of H-pyrrole nitrogens is 1. The second-order valence-electron chi connectivity index (χ2n) is 20.9. The van der Waals surface area contributed by atoms with Gasteiger partial charge in [-0.2, -0.15) is 44.8 Å². The van der Waals surface area contributed by atoms with Gasteiger partial charge in [-0.3, -0.25) is 32.7 Å². The van der Waals surface area contributed by atoms with Gasteiger partial charge in [0.05, 0.1) is 106 Å². The van der Waals surface area contributed by atoms with Gasteiger partial charge in [0.2, 0.25) is 11.5 Å². The first kappa shape index (κ1) is 67.3. The van der Waals surface area contributed by atoms with Gasteiger partial charge in [-0.05, 0) is 145 Å². The Bertz CT molecular complexity index is 4460. The summed E-state index contributed by atoms with van der Waals surface area (Å²) in [7, 11) is -3.88. The van der Waals surface area contributed by atoms with Gasteiger partial charge in [-0.1, -0.05) is 17.7 Å². The summed E-state index contributed by atoms with van der Waals surface area (Å²) in [5.41, 5.74) is 2.49. The number of hydrogen-bond donors (Lipinski definition) is 2. The minimum atomic E-state index is -3.88. The highest BCUT2D eigenvalue weighted by atomic mass is 32.2. The van der Waals surface area contributed by atoms with Crippen molar-refractivity contribution in [1.29, 1.82) is 21.0 Å². The van der Waals surface area contributed by atoms with Gasteiger partial charge in [0.1, 0.15) is 18.1 Å². The van der Waals surface area contributed by atoms with E-state index in [-0.39, 0.29) is 92.8 Å². The highest BCUT2D eigenvalue weighted by Gasteiger charge is 2.23. The third kappa shape index (κ3) is 18.3. The number of rotatable bonds is 14. The molecule has 3 atom stereocenters. The highest BCUT2D eigenvalue weighted by molar-refractivity contribution is 7.86. The van der Waals surface area contributed by atoms with Crippen LogP contribution in [-0.4, -0.2) is 82.2 Å². The minimum Gasteiger partial charge on any atom is -0.450 e. The van der Waals surface area contributed by atoms with Crippen LogP contribution in [0.3, 0.4) is 0 Å². The molecule has 92 heavy (non-hydrogen) atoms. The molecule has 0 amide bonds. The number of nitrogens with one attached hydrogen (secondary N) is 1. The molecule has 8 aromatic rings. The monoisotopic (exact) mass is 1270 g/mol. The number of aliphatic hydroxyl groups is 1. The summed E-state index contributed by atoms with van der Waals surface area (Å²) < 4.78 is 62.6. The molecule has 5 aromatic heterocycles. The van der Waals surface area contributed by atoms with Crippen molar-refractivity contribution in [3.05, 3.63) is 218 Å². The molecule has 3 aromatic carbocycles. The first-order valence-electron chi connectivity index (χ1n) is 28.9. The third-order valence-electron chi connectivity index (χ3n) is 14.0. The fourth-order valence-corrected chi connectivity index (χ4v) is 10.2. The van der Waals surface area contributed by atoms with Gasteiger partial charge in [0.15, 0.2) is 18.7 Å². The van der Waals surface area contributed by atoms with Crippen LogP contribution in [0.1, 0.15) is 133 Å². The van der Waals surface area contributed by atoms with Gasteiger partial charge in [0, 0.05) is 38.0 Å². The van der Waals surface area contributed by atoms with E-state index in [0.29, 0.717) is 61.1 Å². The lowest BCUT2D eigenvalue weighted by Gasteiger charge is -2.23. The fourth-order valence-electron chi connectivity index (χ4n) is 9.28. The molecule has 0 bridgehead atoms. The molecule has 0 radical (unpaired) electrons. The van der Waals surface area contributed by atoms with Crippen LogP contribution < -0.4 is 37.3 Å². The van der Waals surface area contributed by atoms with Crippen LogP contribution in [0.2, 0.25) is 0 Å². The summed E-state index contributed by atoms with van der Waals surface area (Å²) in [6.45, 7) is 6.61. The number of hydrogen-bond acceptors (Lipinski definition) is 23. The summed E-state index contributed by atoms with van der Waals surface area (Å²) in [6.07, 6.45) is 9.68. The maximum Gasteiger partial charge on any atom is 0.297 e. The largest absolute Gasteiger partial charge is 0.450 e. The van der Waals surface area contributed by atoms with Crippen molar-refractivity contribution in [3.8, 4) is 47.3 Å². The Morgan fingerprint density at radius 2 is 1.00 bits per heavy atom. The zero-order valence-electron chi connectivity index (χ0n) is 50.2. The van der Waals surface area contributed by atoms with E-state index in [1.807, 2.05) is 31.2 Å². The molecule has 0 spiro atoms. The van der Waals surface area contributed by atoms with E-state index in [1.54, 1.807) is 32.0 Å². The molecule has 2 N–H and O–H groups in total. The SMILES string of the molecule is Cc1ccc(S(=O)(=O)OCc2ccc(=O)n(C3CCCCO3)n2)cc1.Cc1nc[nH]c(=O)c1Oc1cc(C#N)cc(C#N)c1.Cc1ncn(Cc2ccc(=O)n(C3CCCCO3)n2)c(=O)c1Oc1cc(C#N)cc(C#N)c1.O=c1ccc(CO)nn1C1CCCCO1. The third-order valence-corrected chi connectivity index (χ3v) is 15.3. The number of benzene rings is 3. The van der Waals surface area contributed by atoms with Gasteiger partial charge in [0.25, 0.3) is 37.9 Å². The molecule has 3 fully saturated rings. The molecule has 0 saturated carbocycles. The van der Waals surface area contributed by atoms with Crippen molar-refractivity contribution in [2.75, 3.05) is 19.8 Å². The van der Waals surface area contributed by atoms with E-state index in [1.165, 1.54) is 110 Å². The number of aromatic nitrogens is 10. The van der Waals surface area contributed by atoms with E-state index in [0.717, 1.165) is 50.5 Å². The molecular weight excluding hydrogens is 1210 g/mol. The van der Waals surface area contributed by atoms with Crippen LogP contribution in [0.15, 0.2) is 139 Å². The lowest BCUT2D eigenvalue weighted by molar-refractivity contribution is -0.0431. The number of nitrogens with zero attached hydrogens (tertiary/aromatic N) is 13. The second-order valence-corrected chi connectivity index (χ2v) is 22.5. The number of ether oxygens (including phenoxy) is 5. The van der Waals surface area contributed by atoms with Crippen molar-refractivity contribution in [2.45, 2.75) is 122 Å². The number of nitriles is 4. The summed E-state index contributed by atoms with van der Waals surface area (Å²) >= 11 is 0. The van der Waals surface area contributed by atoms with Crippen molar-refractivity contribution in [3.63, 3.8) is 0 Å². The standard InChI is InChI=1S/C23H20N6O4.C17H20N2O5S.C13H8N4O2.C10H14N2O3/c1-15-22(33-19-9-16(11-24)8-17(10-19)12-25)23(31)28(14-26-15)13-18-5-6-20(30)29(27-18)21-4-2-3-7-32-21;1-13-5-8-15(9-6-13)25(21,22)24-12-14-7-10-16(20)19(18-14)17-4-2-3-11-23-17;1-8-12(13(18)17-7-16-8)19-11-3-9(5-14)2-10(4-11)6-15;13-7-8-4-5-9(14)12(11-8)10-3-1-2-6-15-10/h5-6,8-10,14,21H,2-4,7,13H2,1H3;5-10,17H,2-4,11-12H2,1H3;2-4,7H,1H3,(H,16,17,18);4-5,10,13H,1-3,6-7H2. The van der Waals surface area contributed by atoms with E-state index in [9.17, 15) is 32.4 Å². The summed E-state index contributed by atoms with van der Waals surface area (Å²) in [5, 5.41) is 57.6. The molecule has 3 aliphatic heterocycles. The zero-order chi connectivity index (χ0) is 65.7. The minimum absolute atomic E-state index is 0.0274. The maximum atomic E-state index is 13.1. The maximum absolute atomic E-state index is 13.1. The first-order chi connectivity index (χ1) is 44.4. The molecule has 29 heteroatoms. The average molecular weight is 1270 g/mol. The van der Waals surface area contributed by atoms with E-state index in [4.69, 9.17) is 54.0 Å². The Kier molecular flexibility index (Phi) is 23.6. The van der Waals surface area contributed by atoms with Crippen LogP contribution in [0.25, 0.3) is 0 Å². The summed E-state index contributed by atoms with van der Waals surface area (Å²) in [4.78, 5) is 71.1. The predicted molar refractivity (Wildman–Crippen MR) is 325 cm³/mol. The van der Waals surface area contributed by atoms with Crippen molar-refractivity contribution in [1.82, 2.24) is 48.9 Å². The summed E-state index contributed by atoms with van der Waals surface area (Å²) in [5.74, 6) is 0.450. The van der Waals surface area contributed by atoms with E-state index in [2.05, 4.69) is 30.2 Å². The fraction of sp³-hybridized carbons (Fsp3) is 0.333. The van der Waals surface area contributed by atoms with Crippen LogP contribution in [-0.2, 0) is 48.3 Å². The van der Waals surface area contributed by atoms with Gasteiger partial charge in [-0.15, -0.1) is 0 Å². The van der Waals surface area contributed by atoms with Gasteiger partial charge in [-0.25, -0.2) is 24.0 Å². The van der Waals surface area contributed by atoms with Gasteiger partial charge >= 0.3 is 0 Å². The average Bonchev–Trinajstić information content (AvgIpc) is 1.30. The molecule has 3 unspecified atom stereocenters. The number of aryl methyl sites for hydroxylation is 3. The molecule has 3 aliphatic rings. The topological polar surface area (TPSA) is 390 Å². The smallest absolute Gasteiger partial charge is 0.297 e. The van der Waals surface area contributed by atoms with Crippen LogP contribution in [0.4, 0.5) is 0 Å². The van der Waals surface area contributed by atoms with E-state index < -0.39 is 33.7 Å². The van der Waals surface area contributed by atoms with Crippen molar-refractivity contribution in [2.24, 2.45) is 0 Å². The molecule has 0 aliphatic carbocycles. The van der Waals surface area contributed by atoms with Crippen molar-refractivity contribution < 1.29 is 41.4 Å². The number of aliphatic hydroxyl groups excluding tert-OH is 1. The molecular formula is C63H62N14O14S. The molecule has 11 rings (SSSR count).